The van der Waals surface area contributed by atoms with Crippen LogP contribution in [-0.4, -0.2) is 46.5 Å². The summed E-state index contributed by atoms with van der Waals surface area (Å²) >= 11 is 1.74. The van der Waals surface area contributed by atoms with Gasteiger partial charge >= 0.3 is 5.97 Å². The normalized spacial score (nSPS) is 18.3. The first-order valence-electron chi connectivity index (χ1n) is 6.68. The van der Waals surface area contributed by atoms with Crippen molar-refractivity contribution in [3.8, 4) is 0 Å². The first-order chi connectivity index (χ1) is 9.52. The van der Waals surface area contributed by atoms with Crippen molar-refractivity contribution in [2.45, 2.75) is 25.8 Å². The van der Waals surface area contributed by atoms with Crippen molar-refractivity contribution in [1.29, 1.82) is 0 Å². The predicted molar refractivity (Wildman–Crippen MR) is 80.6 cm³/mol. The van der Waals surface area contributed by atoms with Crippen molar-refractivity contribution in [2.24, 2.45) is 0 Å². The number of carbonyl (C=O) groups excluding carboxylic acids is 1. The number of benzene rings is 1. The molecule has 20 heavy (non-hydrogen) atoms. The van der Waals surface area contributed by atoms with Crippen LogP contribution < -0.4 is 0 Å². The number of aromatic carboxylic acids is 1. The van der Waals surface area contributed by atoms with Gasteiger partial charge in [0, 0.05) is 23.9 Å². The molecule has 5 heteroatoms. The molecule has 1 heterocycles. The Kier molecular flexibility index (Phi) is 4.70. The molecular formula is C15H19NO3S. The zero-order valence-electron chi connectivity index (χ0n) is 11.8. The largest absolute Gasteiger partial charge is 0.478 e. The van der Waals surface area contributed by atoms with E-state index < -0.39 is 5.97 Å². The Hall–Kier alpha value is -1.49. The van der Waals surface area contributed by atoms with E-state index in [1.54, 1.807) is 23.9 Å². The van der Waals surface area contributed by atoms with Gasteiger partial charge in [0.05, 0.1) is 5.56 Å². The van der Waals surface area contributed by atoms with Crippen LogP contribution in [0.1, 0.15) is 39.1 Å². The van der Waals surface area contributed by atoms with E-state index in [1.165, 1.54) is 6.07 Å². The molecule has 1 aromatic carbocycles. The first-order valence-corrected chi connectivity index (χ1v) is 8.07. The van der Waals surface area contributed by atoms with Gasteiger partial charge in [-0.15, -0.1) is 0 Å². The summed E-state index contributed by atoms with van der Waals surface area (Å²) in [6, 6.07) is 5.10. The monoisotopic (exact) mass is 293 g/mol. The Bertz CT molecular complexity index is 530. The molecule has 1 amide bonds. The molecule has 108 valence electrons. The van der Waals surface area contributed by atoms with Crippen molar-refractivity contribution in [3.63, 3.8) is 0 Å². The average molecular weight is 293 g/mol. The van der Waals surface area contributed by atoms with Crippen LogP contribution in [0.25, 0.3) is 0 Å². The SMILES string of the molecule is CSCC1CCCN1C(=O)c1cc(C)cc(C(=O)O)c1. The molecule has 1 fully saturated rings. The fourth-order valence-corrected chi connectivity index (χ4v) is 3.40. The minimum Gasteiger partial charge on any atom is -0.478 e. The Morgan fingerprint density at radius 2 is 2.05 bits per heavy atom. The number of rotatable bonds is 4. The minimum absolute atomic E-state index is 0.0484. The standard InChI is InChI=1S/C15H19NO3S/c1-10-6-11(8-12(7-10)15(18)19)14(17)16-5-3-4-13(16)9-20-2/h6-8,13H,3-5,9H2,1-2H3,(H,18,19). The summed E-state index contributed by atoms with van der Waals surface area (Å²) in [4.78, 5) is 25.6. The number of thioether (sulfide) groups is 1. The molecule has 0 saturated carbocycles. The molecule has 0 aliphatic carbocycles. The second-order valence-electron chi connectivity index (χ2n) is 5.14. The minimum atomic E-state index is -0.996. The highest BCUT2D eigenvalue weighted by molar-refractivity contribution is 7.98. The van der Waals surface area contributed by atoms with Gasteiger partial charge in [-0.2, -0.15) is 11.8 Å². The third kappa shape index (κ3) is 3.15. The van der Waals surface area contributed by atoms with Crippen LogP contribution >= 0.6 is 11.8 Å². The lowest BCUT2D eigenvalue weighted by atomic mass is 10.1. The van der Waals surface area contributed by atoms with Gasteiger partial charge in [-0.05, 0) is 49.8 Å². The van der Waals surface area contributed by atoms with Crippen molar-refractivity contribution < 1.29 is 14.7 Å². The van der Waals surface area contributed by atoms with E-state index in [9.17, 15) is 9.59 Å². The van der Waals surface area contributed by atoms with Gasteiger partial charge < -0.3 is 10.0 Å². The van der Waals surface area contributed by atoms with Crippen molar-refractivity contribution in [2.75, 3.05) is 18.6 Å². The second-order valence-corrected chi connectivity index (χ2v) is 6.05. The highest BCUT2D eigenvalue weighted by Gasteiger charge is 2.29. The molecule has 1 atom stereocenters. The predicted octanol–water partition coefficient (Wildman–Crippen LogP) is 2.66. The molecule has 0 bridgehead atoms. The fraction of sp³-hybridized carbons (Fsp3) is 0.467. The quantitative estimate of drug-likeness (QED) is 0.927. The molecule has 1 saturated heterocycles. The van der Waals surface area contributed by atoms with Gasteiger partial charge in [-0.3, -0.25) is 4.79 Å². The van der Waals surface area contributed by atoms with Crippen molar-refractivity contribution >= 4 is 23.6 Å². The number of nitrogens with zero attached hydrogens (tertiary/aromatic N) is 1. The Labute approximate surface area is 123 Å². The van der Waals surface area contributed by atoms with Gasteiger partial charge in [0.1, 0.15) is 0 Å². The summed E-state index contributed by atoms with van der Waals surface area (Å²) in [6.45, 7) is 2.58. The Balaban J connectivity index is 2.26. The molecule has 0 radical (unpaired) electrons. The van der Waals surface area contributed by atoms with Gasteiger partial charge in [0.2, 0.25) is 0 Å². The Morgan fingerprint density at radius 1 is 1.35 bits per heavy atom. The molecular weight excluding hydrogens is 274 g/mol. The topological polar surface area (TPSA) is 57.6 Å². The molecule has 1 aromatic rings. The summed E-state index contributed by atoms with van der Waals surface area (Å²) in [5, 5.41) is 9.09. The third-order valence-corrected chi connectivity index (χ3v) is 4.29. The number of carbonyl (C=O) groups is 2. The lowest BCUT2D eigenvalue weighted by molar-refractivity contribution is 0.0696. The van der Waals surface area contributed by atoms with Gasteiger partial charge in [0.15, 0.2) is 0 Å². The van der Waals surface area contributed by atoms with E-state index >= 15 is 0 Å². The van der Waals surface area contributed by atoms with E-state index in [1.807, 2.05) is 18.1 Å². The maximum Gasteiger partial charge on any atom is 0.335 e. The van der Waals surface area contributed by atoms with Gasteiger partial charge in [0.25, 0.3) is 5.91 Å². The van der Waals surface area contributed by atoms with Crippen LogP contribution in [0, 0.1) is 6.92 Å². The summed E-state index contributed by atoms with van der Waals surface area (Å²) in [7, 11) is 0. The van der Waals surface area contributed by atoms with Crippen LogP contribution in [0.15, 0.2) is 18.2 Å². The number of carboxylic acids is 1. The number of hydrogen-bond donors (Lipinski definition) is 1. The lowest BCUT2D eigenvalue weighted by Gasteiger charge is -2.24. The van der Waals surface area contributed by atoms with Crippen LogP contribution in [0.4, 0.5) is 0 Å². The van der Waals surface area contributed by atoms with E-state index in [4.69, 9.17) is 5.11 Å². The highest BCUT2D eigenvalue weighted by Crippen LogP contribution is 2.23. The smallest absolute Gasteiger partial charge is 0.335 e. The first kappa shape index (κ1) is 14.9. The van der Waals surface area contributed by atoms with Gasteiger partial charge in [-0.25, -0.2) is 4.79 Å². The molecule has 0 aromatic heterocycles. The van der Waals surface area contributed by atoms with Crippen LogP contribution in [0.5, 0.6) is 0 Å². The van der Waals surface area contributed by atoms with Gasteiger partial charge in [-0.1, -0.05) is 0 Å². The lowest BCUT2D eigenvalue weighted by Crippen LogP contribution is -2.37. The molecule has 1 unspecified atom stereocenters. The maximum atomic E-state index is 12.6. The molecule has 4 nitrogen and oxygen atoms in total. The van der Waals surface area contributed by atoms with Crippen LogP contribution in [-0.2, 0) is 0 Å². The number of likely N-dealkylation sites (tertiary alicyclic amines) is 1. The van der Waals surface area contributed by atoms with E-state index in [0.717, 1.165) is 30.7 Å². The molecule has 0 spiro atoms. The molecule has 1 N–H and O–H groups in total. The van der Waals surface area contributed by atoms with Crippen molar-refractivity contribution in [1.82, 2.24) is 4.90 Å². The highest BCUT2D eigenvalue weighted by atomic mass is 32.2. The summed E-state index contributed by atoms with van der Waals surface area (Å²) < 4.78 is 0. The molecule has 1 aliphatic heterocycles. The Morgan fingerprint density at radius 3 is 2.70 bits per heavy atom. The van der Waals surface area contributed by atoms with Crippen molar-refractivity contribution in [3.05, 3.63) is 34.9 Å². The van der Waals surface area contributed by atoms with E-state index in [0.29, 0.717) is 5.56 Å². The summed E-state index contributed by atoms with van der Waals surface area (Å²) in [5.74, 6) is -0.110. The zero-order chi connectivity index (χ0) is 14.7. The van der Waals surface area contributed by atoms with E-state index in [-0.39, 0.29) is 17.5 Å². The summed E-state index contributed by atoms with van der Waals surface area (Å²) in [5.41, 5.74) is 1.46. The zero-order valence-corrected chi connectivity index (χ0v) is 12.6. The fourth-order valence-electron chi connectivity index (χ4n) is 2.66. The third-order valence-electron chi connectivity index (χ3n) is 3.57. The number of hydrogen-bond acceptors (Lipinski definition) is 3. The molecule has 2 rings (SSSR count). The molecule has 1 aliphatic rings. The number of carboxylic acid groups (broad SMARTS) is 1. The second kappa shape index (κ2) is 6.31. The van der Waals surface area contributed by atoms with E-state index in [2.05, 4.69) is 0 Å². The van der Waals surface area contributed by atoms with Crippen LogP contribution in [0.3, 0.4) is 0 Å². The summed E-state index contributed by atoms with van der Waals surface area (Å²) in [6.07, 6.45) is 4.09. The average Bonchev–Trinajstić information content (AvgIpc) is 2.85. The maximum absolute atomic E-state index is 12.6. The van der Waals surface area contributed by atoms with Crippen LogP contribution in [0.2, 0.25) is 0 Å². The number of amides is 1. The number of aryl methyl sites for hydroxylation is 1.